The van der Waals surface area contributed by atoms with Crippen molar-refractivity contribution in [2.75, 3.05) is 6.61 Å². The van der Waals surface area contributed by atoms with Crippen LogP contribution in [0.2, 0.25) is 0 Å². The number of aliphatic hydroxyl groups excluding tert-OH is 1. The van der Waals surface area contributed by atoms with Gasteiger partial charge in [-0.3, -0.25) is 0 Å². The Morgan fingerprint density at radius 1 is 1.30 bits per heavy atom. The first-order valence-electron chi connectivity index (χ1n) is 4.06. The predicted octanol–water partition coefficient (Wildman–Crippen LogP) is 2.29. The standard InChI is InChI=1S/C8H17FO/c1-2-5-8(9)6-3-4-7-10/h8,10H,2-7H2,1H3/t8-/m0/s1. The molecule has 0 aromatic heterocycles. The van der Waals surface area contributed by atoms with Crippen LogP contribution in [0.4, 0.5) is 4.39 Å². The van der Waals surface area contributed by atoms with E-state index in [2.05, 4.69) is 0 Å². The third kappa shape index (κ3) is 6.02. The van der Waals surface area contributed by atoms with Gasteiger partial charge >= 0.3 is 0 Å². The van der Waals surface area contributed by atoms with Crippen molar-refractivity contribution < 1.29 is 9.50 Å². The van der Waals surface area contributed by atoms with Crippen LogP contribution in [0.25, 0.3) is 0 Å². The molecule has 0 aromatic rings. The van der Waals surface area contributed by atoms with E-state index in [9.17, 15) is 4.39 Å². The van der Waals surface area contributed by atoms with E-state index in [0.29, 0.717) is 12.8 Å². The zero-order valence-electron chi connectivity index (χ0n) is 6.65. The van der Waals surface area contributed by atoms with Gasteiger partial charge in [0.15, 0.2) is 0 Å². The molecule has 0 rings (SSSR count). The number of hydrogen-bond donors (Lipinski definition) is 1. The summed E-state index contributed by atoms with van der Waals surface area (Å²) in [7, 11) is 0. The second-order valence-electron chi connectivity index (χ2n) is 2.61. The second kappa shape index (κ2) is 7.00. The molecule has 0 amide bonds. The van der Waals surface area contributed by atoms with Crippen LogP contribution in [-0.2, 0) is 0 Å². The quantitative estimate of drug-likeness (QED) is 0.573. The normalized spacial score (nSPS) is 13.5. The highest BCUT2D eigenvalue weighted by atomic mass is 19.1. The fourth-order valence-electron chi connectivity index (χ4n) is 0.935. The average molecular weight is 148 g/mol. The predicted molar refractivity (Wildman–Crippen MR) is 40.7 cm³/mol. The molecule has 0 aromatic carbocycles. The van der Waals surface area contributed by atoms with Crippen LogP contribution in [0.3, 0.4) is 0 Å². The van der Waals surface area contributed by atoms with Crippen LogP contribution in [0.15, 0.2) is 0 Å². The Hall–Kier alpha value is -0.110. The van der Waals surface area contributed by atoms with E-state index in [-0.39, 0.29) is 6.61 Å². The Bertz CT molecular complexity index is 66.3. The molecule has 0 aliphatic rings. The van der Waals surface area contributed by atoms with Gasteiger partial charge in [0, 0.05) is 6.61 Å². The van der Waals surface area contributed by atoms with E-state index >= 15 is 0 Å². The summed E-state index contributed by atoms with van der Waals surface area (Å²) in [5.74, 6) is 0. The Balaban J connectivity index is 2.97. The lowest BCUT2D eigenvalue weighted by Gasteiger charge is -2.04. The zero-order chi connectivity index (χ0) is 7.82. The maximum absolute atomic E-state index is 12.6. The molecular formula is C8H17FO. The van der Waals surface area contributed by atoms with Crippen molar-refractivity contribution in [3.8, 4) is 0 Å². The van der Waals surface area contributed by atoms with E-state index in [1.807, 2.05) is 6.92 Å². The smallest absolute Gasteiger partial charge is 0.100 e. The number of hydrogen-bond acceptors (Lipinski definition) is 1. The van der Waals surface area contributed by atoms with Crippen LogP contribution < -0.4 is 0 Å². The molecule has 0 bridgehead atoms. The highest BCUT2D eigenvalue weighted by Gasteiger charge is 2.02. The molecule has 62 valence electrons. The third-order valence-corrected chi connectivity index (χ3v) is 1.53. The van der Waals surface area contributed by atoms with Crippen LogP contribution >= 0.6 is 0 Å². The minimum atomic E-state index is -0.642. The van der Waals surface area contributed by atoms with Gasteiger partial charge < -0.3 is 5.11 Å². The lowest BCUT2D eigenvalue weighted by molar-refractivity contribution is 0.254. The van der Waals surface area contributed by atoms with E-state index < -0.39 is 6.17 Å². The highest BCUT2D eigenvalue weighted by molar-refractivity contribution is 4.54. The number of alkyl halides is 1. The first-order chi connectivity index (χ1) is 4.81. The molecule has 0 spiro atoms. The molecule has 10 heavy (non-hydrogen) atoms. The third-order valence-electron chi connectivity index (χ3n) is 1.53. The van der Waals surface area contributed by atoms with Crippen molar-refractivity contribution in [3.05, 3.63) is 0 Å². The average Bonchev–Trinajstić information content (AvgIpc) is 1.89. The monoisotopic (exact) mass is 148 g/mol. The fourth-order valence-corrected chi connectivity index (χ4v) is 0.935. The van der Waals surface area contributed by atoms with Gasteiger partial charge in [0.1, 0.15) is 6.17 Å². The molecular weight excluding hydrogens is 131 g/mol. The molecule has 0 aliphatic carbocycles. The van der Waals surface area contributed by atoms with Crippen molar-refractivity contribution >= 4 is 0 Å². The Labute approximate surface area is 62.3 Å². The summed E-state index contributed by atoms with van der Waals surface area (Å²) in [6.07, 6.45) is 3.12. The summed E-state index contributed by atoms with van der Waals surface area (Å²) in [6, 6.07) is 0. The van der Waals surface area contributed by atoms with Gasteiger partial charge in [-0.2, -0.15) is 0 Å². The highest BCUT2D eigenvalue weighted by Crippen LogP contribution is 2.09. The summed E-state index contributed by atoms with van der Waals surface area (Å²) in [6.45, 7) is 2.18. The van der Waals surface area contributed by atoms with Crippen molar-refractivity contribution in [1.82, 2.24) is 0 Å². The minimum Gasteiger partial charge on any atom is -0.396 e. The van der Waals surface area contributed by atoms with Crippen LogP contribution in [-0.4, -0.2) is 17.9 Å². The molecule has 1 nitrogen and oxygen atoms in total. The van der Waals surface area contributed by atoms with Gasteiger partial charge in [-0.1, -0.05) is 13.3 Å². The number of rotatable bonds is 6. The molecule has 0 heterocycles. The zero-order valence-corrected chi connectivity index (χ0v) is 6.65. The molecule has 0 unspecified atom stereocenters. The van der Waals surface area contributed by atoms with Gasteiger partial charge in [-0.15, -0.1) is 0 Å². The molecule has 2 heteroatoms. The lowest BCUT2D eigenvalue weighted by Crippen LogP contribution is -1.99. The Morgan fingerprint density at radius 2 is 2.00 bits per heavy atom. The van der Waals surface area contributed by atoms with Gasteiger partial charge in [0.2, 0.25) is 0 Å². The number of unbranched alkanes of at least 4 members (excludes halogenated alkanes) is 1. The van der Waals surface area contributed by atoms with Gasteiger partial charge in [-0.25, -0.2) is 4.39 Å². The second-order valence-corrected chi connectivity index (χ2v) is 2.61. The fraction of sp³-hybridized carbons (Fsp3) is 1.00. The first-order valence-corrected chi connectivity index (χ1v) is 4.06. The number of aliphatic hydroxyl groups is 1. The SMILES string of the molecule is CCC[C@H](F)CCCCO. The van der Waals surface area contributed by atoms with Crippen LogP contribution in [0, 0.1) is 0 Å². The van der Waals surface area contributed by atoms with Gasteiger partial charge in [0.05, 0.1) is 0 Å². The first kappa shape index (κ1) is 9.89. The van der Waals surface area contributed by atoms with Crippen LogP contribution in [0.1, 0.15) is 39.0 Å². The van der Waals surface area contributed by atoms with Crippen LogP contribution in [0.5, 0.6) is 0 Å². The summed E-state index contributed by atoms with van der Waals surface area (Å²) in [4.78, 5) is 0. The van der Waals surface area contributed by atoms with Crippen molar-refractivity contribution in [3.63, 3.8) is 0 Å². The maximum atomic E-state index is 12.6. The summed E-state index contributed by atoms with van der Waals surface area (Å²) >= 11 is 0. The summed E-state index contributed by atoms with van der Waals surface area (Å²) < 4.78 is 12.6. The molecule has 0 aliphatic heterocycles. The largest absolute Gasteiger partial charge is 0.396 e. The Morgan fingerprint density at radius 3 is 2.50 bits per heavy atom. The van der Waals surface area contributed by atoms with E-state index in [1.54, 1.807) is 0 Å². The van der Waals surface area contributed by atoms with Crippen molar-refractivity contribution in [1.29, 1.82) is 0 Å². The summed E-state index contributed by atoms with van der Waals surface area (Å²) in [5, 5.41) is 8.39. The molecule has 0 radical (unpaired) electrons. The van der Waals surface area contributed by atoms with E-state index in [1.165, 1.54) is 0 Å². The number of halogens is 1. The molecule has 0 saturated carbocycles. The molecule has 0 saturated heterocycles. The van der Waals surface area contributed by atoms with E-state index in [4.69, 9.17) is 5.11 Å². The van der Waals surface area contributed by atoms with Gasteiger partial charge in [-0.05, 0) is 25.7 Å². The molecule has 0 fully saturated rings. The maximum Gasteiger partial charge on any atom is 0.100 e. The lowest BCUT2D eigenvalue weighted by atomic mass is 10.1. The minimum absolute atomic E-state index is 0.193. The Kier molecular flexibility index (Phi) is 6.93. The molecule has 1 atom stereocenters. The van der Waals surface area contributed by atoms with E-state index in [0.717, 1.165) is 19.3 Å². The topological polar surface area (TPSA) is 20.2 Å². The summed E-state index contributed by atoms with van der Waals surface area (Å²) in [5.41, 5.74) is 0. The molecule has 1 N–H and O–H groups in total. The van der Waals surface area contributed by atoms with Crippen molar-refractivity contribution in [2.45, 2.75) is 45.2 Å². The van der Waals surface area contributed by atoms with Crippen molar-refractivity contribution in [2.24, 2.45) is 0 Å². The van der Waals surface area contributed by atoms with Gasteiger partial charge in [0.25, 0.3) is 0 Å².